The summed E-state index contributed by atoms with van der Waals surface area (Å²) in [5.41, 5.74) is 4.25. The average Bonchev–Trinajstić information content (AvgIpc) is 3.28. The minimum atomic E-state index is -1.05. The first-order chi connectivity index (χ1) is 17.4. The Morgan fingerprint density at radius 2 is 1.81 bits per heavy atom. The molecule has 0 radical (unpaired) electrons. The van der Waals surface area contributed by atoms with Gasteiger partial charge in [0.2, 0.25) is 11.8 Å². The van der Waals surface area contributed by atoms with Gasteiger partial charge in [-0.3, -0.25) is 14.5 Å². The molecule has 1 N–H and O–H groups in total. The van der Waals surface area contributed by atoms with Crippen LogP contribution in [0.1, 0.15) is 22.7 Å². The van der Waals surface area contributed by atoms with Gasteiger partial charge in [-0.15, -0.1) is 5.10 Å². The fraction of sp³-hybridized carbons (Fsp3) is 0.259. The second-order valence-corrected chi connectivity index (χ2v) is 8.46. The van der Waals surface area contributed by atoms with E-state index >= 15 is 0 Å². The SMILES string of the molecule is COCCNC(=O)C(c1ccc(F)cc1)N(C(=O)Cn1nnc2ccccc21)c1cccc(C)c1C. The van der Waals surface area contributed by atoms with Crippen LogP contribution in [-0.4, -0.2) is 47.1 Å². The number of fused-ring (bicyclic) bond motifs is 1. The molecule has 1 aromatic heterocycles. The monoisotopic (exact) mass is 489 g/mol. The Kier molecular flexibility index (Phi) is 7.70. The molecular weight excluding hydrogens is 461 g/mol. The number of nitrogens with one attached hydrogen (secondary N) is 1. The number of anilines is 1. The Balaban J connectivity index is 1.81. The summed E-state index contributed by atoms with van der Waals surface area (Å²) >= 11 is 0. The summed E-state index contributed by atoms with van der Waals surface area (Å²) in [5, 5.41) is 11.1. The molecule has 1 atom stereocenters. The highest BCUT2D eigenvalue weighted by Gasteiger charge is 2.34. The van der Waals surface area contributed by atoms with Gasteiger partial charge in [-0.2, -0.15) is 0 Å². The lowest BCUT2D eigenvalue weighted by atomic mass is 10.00. The predicted octanol–water partition coefficient (Wildman–Crippen LogP) is 3.72. The third-order valence-electron chi connectivity index (χ3n) is 6.11. The van der Waals surface area contributed by atoms with E-state index in [1.165, 1.54) is 41.0 Å². The Hall–Kier alpha value is -4.11. The van der Waals surface area contributed by atoms with Gasteiger partial charge in [0.25, 0.3) is 0 Å². The van der Waals surface area contributed by atoms with Gasteiger partial charge >= 0.3 is 0 Å². The van der Waals surface area contributed by atoms with Gasteiger partial charge in [0.05, 0.1) is 12.1 Å². The highest BCUT2D eigenvalue weighted by Crippen LogP contribution is 2.32. The lowest BCUT2D eigenvalue weighted by Crippen LogP contribution is -2.46. The molecule has 9 heteroatoms. The van der Waals surface area contributed by atoms with Crippen LogP contribution in [0.25, 0.3) is 11.0 Å². The molecule has 0 saturated heterocycles. The van der Waals surface area contributed by atoms with Crippen LogP contribution in [0.5, 0.6) is 0 Å². The lowest BCUT2D eigenvalue weighted by molar-refractivity contribution is -0.127. The molecule has 4 aromatic rings. The minimum Gasteiger partial charge on any atom is -0.383 e. The van der Waals surface area contributed by atoms with E-state index in [-0.39, 0.29) is 19.0 Å². The Bertz CT molecular complexity index is 1370. The van der Waals surface area contributed by atoms with Crippen molar-refractivity contribution in [3.8, 4) is 0 Å². The first-order valence-electron chi connectivity index (χ1n) is 11.6. The summed E-state index contributed by atoms with van der Waals surface area (Å²) < 4.78 is 20.4. The van der Waals surface area contributed by atoms with E-state index < -0.39 is 17.8 Å². The van der Waals surface area contributed by atoms with E-state index in [0.717, 1.165) is 11.1 Å². The van der Waals surface area contributed by atoms with Crippen LogP contribution >= 0.6 is 0 Å². The Labute approximate surface area is 208 Å². The summed E-state index contributed by atoms with van der Waals surface area (Å²) in [5.74, 6) is -1.21. The molecule has 2 amide bonds. The maximum atomic E-state index is 14.0. The van der Waals surface area contributed by atoms with Crippen molar-refractivity contribution in [2.45, 2.75) is 26.4 Å². The number of nitrogens with zero attached hydrogens (tertiary/aromatic N) is 4. The van der Waals surface area contributed by atoms with E-state index in [1.807, 2.05) is 50.2 Å². The molecule has 1 unspecified atom stereocenters. The average molecular weight is 490 g/mol. The molecule has 4 rings (SSSR count). The first-order valence-corrected chi connectivity index (χ1v) is 11.6. The number of rotatable bonds is 9. The van der Waals surface area contributed by atoms with Crippen LogP contribution in [0.2, 0.25) is 0 Å². The van der Waals surface area contributed by atoms with Crippen LogP contribution in [0.4, 0.5) is 10.1 Å². The summed E-state index contributed by atoms with van der Waals surface area (Å²) in [6, 6.07) is 17.5. The highest BCUT2D eigenvalue weighted by atomic mass is 19.1. The molecule has 0 aliphatic heterocycles. The molecule has 0 saturated carbocycles. The maximum Gasteiger partial charge on any atom is 0.249 e. The number of ether oxygens (including phenoxy) is 1. The number of para-hydroxylation sites is 1. The fourth-order valence-electron chi connectivity index (χ4n) is 4.09. The molecule has 186 valence electrons. The molecule has 0 aliphatic carbocycles. The molecule has 0 bridgehead atoms. The van der Waals surface area contributed by atoms with Gasteiger partial charge in [-0.05, 0) is 60.9 Å². The number of carbonyl (C=O) groups is 2. The van der Waals surface area contributed by atoms with Crippen molar-refractivity contribution in [3.63, 3.8) is 0 Å². The topological polar surface area (TPSA) is 89.4 Å². The maximum absolute atomic E-state index is 14.0. The van der Waals surface area contributed by atoms with E-state index in [0.29, 0.717) is 28.9 Å². The van der Waals surface area contributed by atoms with Crippen LogP contribution < -0.4 is 10.2 Å². The van der Waals surface area contributed by atoms with Crippen molar-refractivity contribution in [1.29, 1.82) is 0 Å². The van der Waals surface area contributed by atoms with Gasteiger partial charge in [-0.1, -0.05) is 41.6 Å². The molecule has 8 nitrogen and oxygen atoms in total. The molecule has 0 aliphatic rings. The van der Waals surface area contributed by atoms with Crippen molar-refractivity contribution in [2.24, 2.45) is 0 Å². The zero-order valence-electron chi connectivity index (χ0n) is 20.4. The van der Waals surface area contributed by atoms with Crippen LogP contribution in [0.3, 0.4) is 0 Å². The number of hydrogen-bond donors (Lipinski definition) is 1. The number of benzene rings is 3. The van der Waals surface area contributed by atoms with Gasteiger partial charge in [0, 0.05) is 19.3 Å². The second-order valence-electron chi connectivity index (χ2n) is 8.46. The molecule has 36 heavy (non-hydrogen) atoms. The van der Waals surface area contributed by atoms with Crippen molar-refractivity contribution < 1.29 is 18.7 Å². The van der Waals surface area contributed by atoms with Gasteiger partial charge in [-0.25, -0.2) is 9.07 Å². The Morgan fingerprint density at radius 3 is 2.56 bits per heavy atom. The molecular formula is C27H28FN5O3. The van der Waals surface area contributed by atoms with E-state index in [1.54, 1.807) is 6.07 Å². The van der Waals surface area contributed by atoms with E-state index in [9.17, 15) is 14.0 Å². The van der Waals surface area contributed by atoms with Crippen molar-refractivity contribution in [1.82, 2.24) is 20.3 Å². The first kappa shape index (κ1) is 25.0. The number of hydrogen-bond acceptors (Lipinski definition) is 5. The molecule has 3 aromatic carbocycles. The fourth-order valence-corrected chi connectivity index (χ4v) is 4.09. The zero-order chi connectivity index (χ0) is 25.7. The van der Waals surface area contributed by atoms with Crippen molar-refractivity contribution >= 4 is 28.5 Å². The predicted molar refractivity (Wildman–Crippen MR) is 135 cm³/mol. The number of methoxy groups -OCH3 is 1. The normalized spacial score (nSPS) is 11.9. The molecule has 1 heterocycles. The van der Waals surface area contributed by atoms with Crippen LogP contribution in [0.15, 0.2) is 66.7 Å². The third-order valence-corrected chi connectivity index (χ3v) is 6.11. The molecule has 0 spiro atoms. The quantitative estimate of drug-likeness (QED) is 0.362. The third kappa shape index (κ3) is 5.26. The van der Waals surface area contributed by atoms with E-state index in [2.05, 4.69) is 15.6 Å². The number of aromatic nitrogens is 3. The van der Waals surface area contributed by atoms with Crippen molar-refractivity contribution in [2.75, 3.05) is 25.2 Å². The number of halogens is 1. The molecule has 0 fully saturated rings. The van der Waals surface area contributed by atoms with Crippen molar-refractivity contribution in [3.05, 3.63) is 89.2 Å². The lowest BCUT2D eigenvalue weighted by Gasteiger charge is -2.33. The highest BCUT2D eigenvalue weighted by molar-refractivity contribution is 6.02. The van der Waals surface area contributed by atoms with Crippen LogP contribution in [0, 0.1) is 19.7 Å². The zero-order valence-corrected chi connectivity index (χ0v) is 20.4. The van der Waals surface area contributed by atoms with Gasteiger partial charge in [0.15, 0.2) is 0 Å². The Morgan fingerprint density at radius 1 is 1.06 bits per heavy atom. The summed E-state index contributed by atoms with van der Waals surface area (Å²) in [6.45, 7) is 4.27. The van der Waals surface area contributed by atoms with Gasteiger partial charge < -0.3 is 10.1 Å². The number of aryl methyl sites for hydroxylation is 1. The summed E-state index contributed by atoms with van der Waals surface area (Å²) in [6.07, 6.45) is 0. The number of amides is 2. The van der Waals surface area contributed by atoms with E-state index in [4.69, 9.17) is 4.74 Å². The summed E-state index contributed by atoms with van der Waals surface area (Å²) in [4.78, 5) is 29.0. The van der Waals surface area contributed by atoms with Gasteiger partial charge in [0.1, 0.15) is 23.9 Å². The second kappa shape index (κ2) is 11.1. The number of carbonyl (C=O) groups excluding carboxylic acids is 2. The minimum absolute atomic E-state index is 0.142. The summed E-state index contributed by atoms with van der Waals surface area (Å²) in [7, 11) is 1.54. The van der Waals surface area contributed by atoms with Crippen LogP contribution in [-0.2, 0) is 20.9 Å². The smallest absolute Gasteiger partial charge is 0.249 e. The largest absolute Gasteiger partial charge is 0.383 e. The standard InChI is InChI=1S/C27H28FN5O3/c1-18-7-6-10-23(19(18)2)33(25(34)17-32-24-9-5-4-8-22(24)30-31-32)26(27(35)29-15-16-36-3)20-11-13-21(28)14-12-20/h4-14,26H,15-17H2,1-3H3,(H,29,35).